The first kappa shape index (κ1) is 23.4. The fraction of sp³-hybridized carbons (Fsp3) is 0.440. The first-order valence-corrected chi connectivity index (χ1v) is 12.8. The van der Waals surface area contributed by atoms with E-state index in [1.807, 2.05) is 39.0 Å². The number of anilines is 2. The quantitative estimate of drug-likeness (QED) is 0.741. The second-order valence-corrected chi connectivity index (χ2v) is 11.1. The van der Waals surface area contributed by atoms with E-state index >= 15 is 0 Å². The maximum atomic E-state index is 13.3. The summed E-state index contributed by atoms with van der Waals surface area (Å²) in [7, 11) is -3.66. The van der Waals surface area contributed by atoms with Crippen molar-refractivity contribution in [3.05, 3.63) is 53.1 Å². The average Bonchev–Trinajstić information content (AvgIpc) is 3.11. The minimum Gasteiger partial charge on any atom is -0.326 e. The van der Waals surface area contributed by atoms with Gasteiger partial charge in [0, 0.05) is 43.3 Å². The highest BCUT2D eigenvalue weighted by molar-refractivity contribution is 7.89. The maximum Gasteiger partial charge on any atom is 0.243 e. The summed E-state index contributed by atoms with van der Waals surface area (Å²) >= 11 is 0. The highest BCUT2D eigenvalue weighted by Crippen LogP contribution is 2.35. The van der Waals surface area contributed by atoms with Crippen LogP contribution in [0.25, 0.3) is 0 Å². The molecule has 1 N–H and O–H groups in total. The van der Waals surface area contributed by atoms with Crippen LogP contribution in [0.1, 0.15) is 43.4 Å². The van der Waals surface area contributed by atoms with Crippen molar-refractivity contribution in [1.82, 2.24) is 4.31 Å². The summed E-state index contributed by atoms with van der Waals surface area (Å²) in [6.07, 6.45) is 1.60. The molecule has 0 spiro atoms. The second kappa shape index (κ2) is 8.91. The molecule has 2 aromatic carbocycles. The van der Waals surface area contributed by atoms with Gasteiger partial charge in [-0.2, -0.15) is 4.31 Å². The average molecular weight is 470 g/mol. The third-order valence-corrected chi connectivity index (χ3v) is 8.74. The van der Waals surface area contributed by atoms with Crippen LogP contribution < -0.4 is 10.2 Å². The lowest BCUT2D eigenvalue weighted by molar-refractivity contribution is -0.121. The Kier molecular flexibility index (Phi) is 6.33. The van der Waals surface area contributed by atoms with E-state index in [2.05, 4.69) is 5.32 Å². The number of carbonyl (C=O) groups is 2. The molecule has 2 aliphatic heterocycles. The predicted molar refractivity (Wildman–Crippen MR) is 129 cm³/mol. The second-order valence-electron chi connectivity index (χ2n) is 9.20. The molecule has 2 aliphatic rings. The molecule has 176 valence electrons. The number of carbonyl (C=O) groups excluding carboxylic acids is 2. The Labute approximate surface area is 195 Å². The Morgan fingerprint density at radius 1 is 1.00 bits per heavy atom. The number of amides is 2. The van der Waals surface area contributed by atoms with E-state index in [0.717, 1.165) is 22.5 Å². The number of sulfonamides is 1. The zero-order chi connectivity index (χ0) is 23.9. The van der Waals surface area contributed by atoms with Crippen LogP contribution in [0.3, 0.4) is 0 Å². The van der Waals surface area contributed by atoms with Gasteiger partial charge in [0.2, 0.25) is 21.8 Å². The minimum atomic E-state index is -3.66. The molecule has 4 rings (SSSR count). The van der Waals surface area contributed by atoms with Crippen LogP contribution in [-0.2, 0) is 26.0 Å². The summed E-state index contributed by atoms with van der Waals surface area (Å²) in [6.45, 7) is 8.13. The number of nitrogens with zero attached hydrogens (tertiary/aromatic N) is 2. The van der Waals surface area contributed by atoms with Gasteiger partial charge < -0.3 is 10.2 Å². The lowest BCUT2D eigenvalue weighted by Crippen LogP contribution is -2.41. The van der Waals surface area contributed by atoms with Gasteiger partial charge in [0.05, 0.1) is 4.90 Å². The molecule has 2 heterocycles. The highest BCUT2D eigenvalue weighted by Gasteiger charge is 2.34. The van der Waals surface area contributed by atoms with Gasteiger partial charge in [0.15, 0.2) is 0 Å². The summed E-state index contributed by atoms with van der Waals surface area (Å²) in [6, 6.07) is 10.9. The van der Waals surface area contributed by atoms with Crippen LogP contribution in [0.15, 0.2) is 41.3 Å². The van der Waals surface area contributed by atoms with E-state index < -0.39 is 10.0 Å². The number of piperidine rings is 1. The van der Waals surface area contributed by atoms with Gasteiger partial charge >= 0.3 is 0 Å². The SMILES string of the molecule is CC(=O)N1c2ccc(S(=O)(=O)N3CCC(C(=O)Nc4ccc(C)c(C)c4)CC3)cc2C[C@H]1C. The van der Waals surface area contributed by atoms with Crippen molar-refractivity contribution in [1.29, 1.82) is 0 Å². The lowest BCUT2D eigenvalue weighted by Gasteiger charge is -2.30. The van der Waals surface area contributed by atoms with Crippen molar-refractivity contribution in [3.63, 3.8) is 0 Å². The maximum absolute atomic E-state index is 13.3. The van der Waals surface area contributed by atoms with Gasteiger partial charge in [-0.3, -0.25) is 9.59 Å². The Morgan fingerprint density at radius 3 is 2.33 bits per heavy atom. The summed E-state index contributed by atoms with van der Waals surface area (Å²) in [4.78, 5) is 26.6. The van der Waals surface area contributed by atoms with Crippen LogP contribution in [0.2, 0.25) is 0 Å². The number of aryl methyl sites for hydroxylation is 2. The Balaban J connectivity index is 1.42. The molecule has 1 atom stereocenters. The number of nitrogens with one attached hydrogen (secondary N) is 1. The summed E-state index contributed by atoms with van der Waals surface area (Å²) in [5.74, 6) is -0.327. The van der Waals surface area contributed by atoms with Crippen molar-refractivity contribution in [2.24, 2.45) is 5.92 Å². The summed E-state index contributed by atoms with van der Waals surface area (Å²) in [5, 5.41) is 2.97. The van der Waals surface area contributed by atoms with Crippen molar-refractivity contribution in [2.45, 2.75) is 57.9 Å². The number of hydrogen-bond donors (Lipinski definition) is 1. The third-order valence-electron chi connectivity index (χ3n) is 6.84. The topological polar surface area (TPSA) is 86.8 Å². The number of fused-ring (bicyclic) bond motifs is 1. The van der Waals surface area contributed by atoms with Crippen LogP contribution in [0.4, 0.5) is 11.4 Å². The van der Waals surface area contributed by atoms with E-state index in [9.17, 15) is 18.0 Å². The molecule has 1 fully saturated rings. The molecular weight excluding hydrogens is 438 g/mol. The molecule has 0 radical (unpaired) electrons. The molecule has 0 unspecified atom stereocenters. The van der Waals surface area contributed by atoms with Crippen LogP contribution >= 0.6 is 0 Å². The van der Waals surface area contributed by atoms with E-state index in [1.54, 1.807) is 23.1 Å². The molecule has 2 amide bonds. The monoisotopic (exact) mass is 469 g/mol. The van der Waals surface area contributed by atoms with Crippen molar-refractivity contribution >= 4 is 33.2 Å². The van der Waals surface area contributed by atoms with E-state index in [4.69, 9.17) is 0 Å². The molecule has 8 heteroatoms. The molecule has 1 saturated heterocycles. The summed E-state index contributed by atoms with van der Waals surface area (Å²) in [5.41, 5.74) is 4.72. The van der Waals surface area contributed by atoms with Crippen molar-refractivity contribution < 1.29 is 18.0 Å². The van der Waals surface area contributed by atoms with Gasteiger partial charge in [-0.15, -0.1) is 0 Å². The van der Waals surface area contributed by atoms with Crippen molar-refractivity contribution in [2.75, 3.05) is 23.3 Å². The molecule has 7 nitrogen and oxygen atoms in total. The van der Waals surface area contributed by atoms with Gasteiger partial charge in [-0.1, -0.05) is 6.07 Å². The third kappa shape index (κ3) is 4.54. The molecule has 33 heavy (non-hydrogen) atoms. The van der Waals surface area contributed by atoms with Gasteiger partial charge in [-0.25, -0.2) is 8.42 Å². The smallest absolute Gasteiger partial charge is 0.243 e. The normalized spacial score (nSPS) is 19.4. The van der Waals surface area contributed by atoms with E-state index in [0.29, 0.717) is 32.4 Å². The number of benzene rings is 2. The van der Waals surface area contributed by atoms with Crippen LogP contribution in [-0.4, -0.2) is 43.7 Å². The van der Waals surface area contributed by atoms with Crippen molar-refractivity contribution in [3.8, 4) is 0 Å². The largest absolute Gasteiger partial charge is 0.326 e. The zero-order valence-corrected chi connectivity index (χ0v) is 20.4. The molecule has 0 aromatic heterocycles. The van der Waals surface area contributed by atoms with Crippen LogP contribution in [0, 0.1) is 19.8 Å². The molecular formula is C25H31N3O4S. The van der Waals surface area contributed by atoms with Gasteiger partial charge in [-0.05, 0) is 87.1 Å². The molecule has 0 saturated carbocycles. The fourth-order valence-corrected chi connectivity index (χ4v) is 6.34. The van der Waals surface area contributed by atoms with E-state index in [1.165, 1.54) is 16.8 Å². The summed E-state index contributed by atoms with van der Waals surface area (Å²) < 4.78 is 28.0. The fourth-order valence-electron chi connectivity index (χ4n) is 4.82. The van der Waals surface area contributed by atoms with E-state index in [-0.39, 0.29) is 28.7 Å². The zero-order valence-electron chi connectivity index (χ0n) is 19.6. The minimum absolute atomic E-state index is 0.0158. The molecule has 2 aromatic rings. The number of rotatable bonds is 4. The first-order chi connectivity index (χ1) is 15.6. The molecule has 0 bridgehead atoms. The lowest BCUT2D eigenvalue weighted by atomic mass is 9.97. The van der Waals surface area contributed by atoms with Gasteiger partial charge in [0.1, 0.15) is 0 Å². The highest BCUT2D eigenvalue weighted by atomic mass is 32.2. The Morgan fingerprint density at radius 2 is 1.70 bits per heavy atom. The number of hydrogen-bond acceptors (Lipinski definition) is 4. The van der Waals surface area contributed by atoms with Gasteiger partial charge in [0.25, 0.3) is 0 Å². The predicted octanol–water partition coefficient (Wildman–Crippen LogP) is 3.64. The Hall–Kier alpha value is -2.71. The molecule has 0 aliphatic carbocycles. The Bertz CT molecular complexity index is 1200. The standard InChI is InChI=1S/C25H31N3O4S/c1-16-5-6-22(13-17(16)2)26-25(30)20-9-11-27(12-10-20)33(31,32)23-7-8-24-21(15-23)14-18(3)28(24)19(4)29/h5-8,13,15,18,20H,9-12,14H2,1-4H3,(H,26,30)/t18-/m1/s1. The van der Waals surface area contributed by atoms with Crippen LogP contribution in [0.5, 0.6) is 0 Å². The first-order valence-electron chi connectivity index (χ1n) is 11.4.